The average Bonchev–Trinajstić information content (AvgIpc) is 3.57. The number of aromatic nitrogens is 2. The van der Waals surface area contributed by atoms with Gasteiger partial charge in [0.15, 0.2) is 17.9 Å². The third-order valence-electron chi connectivity index (χ3n) is 6.42. The molecule has 1 N–H and O–H groups in total. The van der Waals surface area contributed by atoms with Crippen LogP contribution in [0.5, 0.6) is 0 Å². The molecule has 6 rings (SSSR count). The number of nitrogens with zero attached hydrogens (tertiary/aromatic N) is 3. The summed E-state index contributed by atoms with van der Waals surface area (Å²) in [6.07, 6.45) is 8.25. The van der Waals surface area contributed by atoms with E-state index in [1.807, 2.05) is 41.3 Å². The molecule has 33 heavy (non-hydrogen) atoms. The molecule has 0 spiro atoms. The number of rotatable bonds is 5. The van der Waals surface area contributed by atoms with Crippen molar-refractivity contribution < 1.29 is 18.7 Å². The smallest absolute Gasteiger partial charge is 0.312 e. The van der Waals surface area contributed by atoms with Gasteiger partial charge in [-0.3, -0.25) is 4.79 Å². The second-order valence-corrected chi connectivity index (χ2v) is 8.82. The number of aliphatic carboxylic acids is 1. The fourth-order valence-corrected chi connectivity index (χ4v) is 4.53. The van der Waals surface area contributed by atoms with Crippen molar-refractivity contribution in [3.05, 3.63) is 72.3 Å². The van der Waals surface area contributed by atoms with Crippen LogP contribution in [0.3, 0.4) is 0 Å². The van der Waals surface area contributed by atoms with Crippen molar-refractivity contribution >= 4 is 18.1 Å². The lowest BCUT2D eigenvalue weighted by Crippen LogP contribution is -2.59. The molecular formula is C26H21N3O4. The fraction of sp³-hybridized carbons (Fsp3) is 0.192. The maximum atomic E-state index is 11.6. The highest BCUT2D eigenvalue weighted by Gasteiger charge is 2.47. The largest absolute Gasteiger partial charge is 0.481 e. The van der Waals surface area contributed by atoms with Gasteiger partial charge in [-0.05, 0) is 24.5 Å². The third-order valence-corrected chi connectivity index (χ3v) is 6.42. The van der Waals surface area contributed by atoms with E-state index in [-0.39, 0.29) is 0 Å². The van der Waals surface area contributed by atoms with Gasteiger partial charge in [-0.2, -0.15) is 4.98 Å². The van der Waals surface area contributed by atoms with Crippen molar-refractivity contribution in [1.29, 1.82) is 0 Å². The summed E-state index contributed by atoms with van der Waals surface area (Å²) in [5, 5.41) is 9.49. The van der Waals surface area contributed by atoms with Crippen LogP contribution in [0.1, 0.15) is 18.1 Å². The zero-order valence-electron chi connectivity index (χ0n) is 18.0. The van der Waals surface area contributed by atoms with E-state index in [1.54, 1.807) is 13.1 Å². The van der Waals surface area contributed by atoms with Crippen LogP contribution in [0.15, 0.2) is 70.0 Å². The molecule has 0 bridgehead atoms. The summed E-state index contributed by atoms with van der Waals surface area (Å²) in [4.78, 5) is 22.2. The van der Waals surface area contributed by atoms with E-state index < -0.39 is 11.4 Å². The topological polar surface area (TPSA) is 92.6 Å². The molecule has 1 fully saturated rings. The minimum Gasteiger partial charge on any atom is -0.481 e. The van der Waals surface area contributed by atoms with Gasteiger partial charge in [0.25, 0.3) is 6.01 Å². The summed E-state index contributed by atoms with van der Waals surface area (Å²) >= 11 is 0. The SMILES string of the molecule is CC1(C(=O)O)CN(c2nc(-c3ccc(-c4cnco4)cc3)c(-c3cccc4c3C=CC4)o2)C1. The Balaban J connectivity index is 1.43. The molecule has 1 saturated heterocycles. The van der Waals surface area contributed by atoms with Crippen LogP contribution < -0.4 is 4.90 Å². The molecule has 0 radical (unpaired) electrons. The van der Waals surface area contributed by atoms with Gasteiger partial charge in [0.05, 0.1) is 6.20 Å². The van der Waals surface area contributed by atoms with Crippen molar-refractivity contribution in [3.8, 4) is 33.9 Å². The molecule has 7 heteroatoms. The molecule has 1 aliphatic carbocycles. The number of carboxylic acids is 1. The first-order chi connectivity index (χ1) is 16.0. The first kappa shape index (κ1) is 19.5. The Morgan fingerprint density at radius 2 is 1.91 bits per heavy atom. The van der Waals surface area contributed by atoms with Gasteiger partial charge in [0, 0.05) is 29.8 Å². The highest BCUT2D eigenvalue weighted by molar-refractivity contribution is 5.86. The third kappa shape index (κ3) is 3.16. The Morgan fingerprint density at radius 3 is 2.64 bits per heavy atom. The molecule has 2 aromatic carbocycles. The summed E-state index contributed by atoms with van der Waals surface area (Å²) in [6.45, 7) is 2.46. The average molecular weight is 439 g/mol. The lowest BCUT2D eigenvalue weighted by molar-refractivity contribution is -0.149. The normalized spacial score (nSPS) is 16.0. The number of hydrogen-bond donors (Lipinski definition) is 1. The molecular weight excluding hydrogens is 418 g/mol. The van der Waals surface area contributed by atoms with Crippen LogP contribution in [0.25, 0.3) is 40.0 Å². The Labute approximate surface area is 190 Å². The minimum absolute atomic E-state index is 0.360. The summed E-state index contributed by atoms with van der Waals surface area (Å²) in [5.74, 6) is 0.576. The molecule has 7 nitrogen and oxygen atoms in total. The van der Waals surface area contributed by atoms with Crippen LogP contribution >= 0.6 is 0 Å². The van der Waals surface area contributed by atoms with Gasteiger partial charge in [-0.15, -0.1) is 0 Å². The lowest BCUT2D eigenvalue weighted by atomic mass is 9.82. The molecule has 2 aliphatic rings. The molecule has 164 valence electrons. The lowest BCUT2D eigenvalue weighted by Gasteiger charge is -2.43. The molecule has 4 aromatic rings. The van der Waals surface area contributed by atoms with Crippen molar-refractivity contribution in [1.82, 2.24) is 9.97 Å². The molecule has 1 aliphatic heterocycles. The van der Waals surface area contributed by atoms with E-state index in [0.717, 1.165) is 34.4 Å². The Bertz CT molecular complexity index is 1380. The maximum absolute atomic E-state index is 11.6. The number of anilines is 1. The highest BCUT2D eigenvalue weighted by atomic mass is 16.4. The fourth-order valence-electron chi connectivity index (χ4n) is 4.53. The van der Waals surface area contributed by atoms with Gasteiger partial charge in [-0.25, -0.2) is 4.98 Å². The van der Waals surface area contributed by atoms with Crippen molar-refractivity contribution in [2.24, 2.45) is 5.41 Å². The first-order valence-electron chi connectivity index (χ1n) is 10.8. The van der Waals surface area contributed by atoms with Crippen LogP contribution in [-0.2, 0) is 11.2 Å². The molecule has 0 saturated carbocycles. The summed E-state index contributed by atoms with van der Waals surface area (Å²) < 4.78 is 11.7. The molecule has 0 amide bonds. The minimum atomic E-state index is -0.806. The van der Waals surface area contributed by atoms with Crippen LogP contribution in [0.4, 0.5) is 6.01 Å². The van der Waals surface area contributed by atoms with Crippen molar-refractivity contribution in [2.45, 2.75) is 13.3 Å². The quantitative estimate of drug-likeness (QED) is 0.460. The summed E-state index contributed by atoms with van der Waals surface area (Å²) in [6, 6.07) is 14.5. The predicted molar refractivity (Wildman–Crippen MR) is 124 cm³/mol. The van der Waals surface area contributed by atoms with Gasteiger partial charge in [0.2, 0.25) is 0 Å². The van der Waals surface area contributed by atoms with E-state index in [9.17, 15) is 9.90 Å². The zero-order chi connectivity index (χ0) is 22.6. The standard InChI is InChI=1S/C26H21N3O4/c1-26(24(30)31)13-29(14-26)25-28-22(18-10-8-17(9-11-18)21-12-27-15-32-21)23(33-25)20-7-3-5-16-4-2-6-19(16)20/h2-3,5-12,15H,4,13-14H2,1H3,(H,30,31). The second-order valence-electron chi connectivity index (χ2n) is 8.82. The zero-order valence-corrected chi connectivity index (χ0v) is 18.0. The maximum Gasteiger partial charge on any atom is 0.312 e. The first-order valence-corrected chi connectivity index (χ1v) is 10.8. The van der Waals surface area contributed by atoms with Crippen LogP contribution in [0, 0.1) is 5.41 Å². The number of fused-ring (bicyclic) bond motifs is 1. The van der Waals surface area contributed by atoms with E-state index in [1.165, 1.54) is 12.0 Å². The summed E-state index contributed by atoms with van der Waals surface area (Å²) in [5.41, 5.74) is 5.14. The van der Waals surface area contributed by atoms with Crippen LogP contribution in [-0.4, -0.2) is 34.1 Å². The number of hydrogen-bond acceptors (Lipinski definition) is 6. The van der Waals surface area contributed by atoms with E-state index in [2.05, 4.69) is 23.2 Å². The molecule has 0 atom stereocenters. The number of benzene rings is 2. The van der Waals surface area contributed by atoms with Gasteiger partial charge in [0.1, 0.15) is 11.1 Å². The summed E-state index contributed by atoms with van der Waals surface area (Å²) in [7, 11) is 0. The van der Waals surface area contributed by atoms with Crippen LogP contribution in [0.2, 0.25) is 0 Å². The number of carbonyl (C=O) groups is 1. The molecule has 0 unspecified atom stereocenters. The number of oxazole rings is 2. The number of allylic oxidation sites excluding steroid dienone is 1. The predicted octanol–water partition coefficient (Wildman–Crippen LogP) is 5.14. The Morgan fingerprint density at radius 1 is 1.12 bits per heavy atom. The van der Waals surface area contributed by atoms with E-state index in [4.69, 9.17) is 13.8 Å². The van der Waals surface area contributed by atoms with Gasteiger partial charge in [-0.1, -0.05) is 54.6 Å². The number of carboxylic acid groups (broad SMARTS) is 1. The Kier molecular flexibility index (Phi) is 4.26. The second kappa shape index (κ2) is 7.20. The monoisotopic (exact) mass is 439 g/mol. The molecule has 2 aromatic heterocycles. The van der Waals surface area contributed by atoms with Crippen molar-refractivity contribution in [2.75, 3.05) is 18.0 Å². The van der Waals surface area contributed by atoms with Gasteiger partial charge < -0.3 is 18.8 Å². The van der Waals surface area contributed by atoms with Crippen molar-refractivity contribution in [3.63, 3.8) is 0 Å². The Hall–Kier alpha value is -4.13. The van der Waals surface area contributed by atoms with E-state index >= 15 is 0 Å². The van der Waals surface area contributed by atoms with E-state index in [0.29, 0.717) is 30.6 Å². The van der Waals surface area contributed by atoms with Gasteiger partial charge >= 0.3 is 5.97 Å². The molecule has 3 heterocycles. The highest BCUT2D eigenvalue weighted by Crippen LogP contribution is 2.42.